The van der Waals surface area contributed by atoms with Gasteiger partial charge in [0.2, 0.25) is 0 Å². The summed E-state index contributed by atoms with van der Waals surface area (Å²) in [5, 5.41) is 0. The summed E-state index contributed by atoms with van der Waals surface area (Å²) in [5.74, 6) is 0. The van der Waals surface area contributed by atoms with Gasteiger partial charge in [-0.3, -0.25) is 0 Å². The van der Waals surface area contributed by atoms with E-state index >= 15 is 0 Å². The van der Waals surface area contributed by atoms with E-state index < -0.39 is 16.2 Å². The Hall–Kier alpha value is -0.344. The van der Waals surface area contributed by atoms with Gasteiger partial charge in [0.25, 0.3) is 0 Å². The van der Waals surface area contributed by atoms with Crippen LogP contribution in [0.2, 0.25) is 11.0 Å². The summed E-state index contributed by atoms with van der Waals surface area (Å²) in [6.07, 6.45) is 0. The average molecular weight is 234 g/mol. The van der Waals surface area contributed by atoms with Crippen molar-refractivity contribution in [3.63, 3.8) is 0 Å². The van der Waals surface area contributed by atoms with Gasteiger partial charge in [-0.2, -0.15) is 0 Å². The third-order valence-corrected chi connectivity index (χ3v) is 4.74. The third-order valence-electron chi connectivity index (χ3n) is 2.10. The van der Waals surface area contributed by atoms with Gasteiger partial charge in [0, 0.05) is 0 Å². The summed E-state index contributed by atoms with van der Waals surface area (Å²) in [7, 11) is 4.23. The molecule has 0 N–H and O–H groups in total. The number of hydrogen-bond donors (Lipinski definition) is 0. The molecule has 0 aliphatic rings. The summed E-state index contributed by atoms with van der Waals surface area (Å²) in [6, 6.07) is 8.74. The number of benzene rings is 1. The van der Waals surface area contributed by atoms with E-state index in [1.807, 2.05) is 0 Å². The summed E-state index contributed by atoms with van der Waals surface area (Å²) in [4.78, 5) is 3.56. The zero-order valence-electron chi connectivity index (χ0n) is 9.04. The van der Waals surface area contributed by atoms with Crippen LogP contribution < -0.4 is 4.90 Å². The first-order valence-electron chi connectivity index (χ1n) is 4.86. The molecule has 1 aromatic rings. The zero-order valence-corrected chi connectivity index (χ0v) is 11.5. The van der Waals surface area contributed by atoms with E-state index in [1.54, 1.807) is 0 Å². The molecule has 1 aromatic carbocycles. The van der Waals surface area contributed by atoms with Crippen LogP contribution in [0.15, 0.2) is 24.3 Å². The van der Waals surface area contributed by atoms with Crippen molar-refractivity contribution in [3.05, 3.63) is 29.8 Å². The molecular formula is C11H18GaN. The van der Waals surface area contributed by atoms with Crippen molar-refractivity contribution in [1.82, 2.24) is 0 Å². The second kappa shape index (κ2) is 4.77. The van der Waals surface area contributed by atoms with Crippen molar-refractivity contribution in [3.8, 4) is 0 Å². The van der Waals surface area contributed by atoms with Gasteiger partial charge in [-0.1, -0.05) is 0 Å². The number of anilines is 1. The summed E-state index contributed by atoms with van der Waals surface area (Å²) in [5.41, 5.74) is 7.81. The number of para-hydroxylation sites is 1. The van der Waals surface area contributed by atoms with Gasteiger partial charge >= 0.3 is 86.7 Å². The number of hydrogen-bond acceptors (Lipinski definition) is 1. The van der Waals surface area contributed by atoms with Gasteiger partial charge in [0.1, 0.15) is 0 Å². The molecule has 0 aliphatic heterocycles. The van der Waals surface area contributed by atoms with Gasteiger partial charge in [0.15, 0.2) is 0 Å². The second-order valence-corrected chi connectivity index (χ2v) is 10.8. The molecule has 70 valence electrons. The Balaban J connectivity index is 2.91. The molecule has 0 heterocycles. The first-order chi connectivity index (χ1) is 6.11. The molecule has 0 unspecified atom stereocenters. The van der Waals surface area contributed by atoms with Crippen LogP contribution in [0, 0.1) is 0 Å². The van der Waals surface area contributed by atoms with Crippen molar-refractivity contribution >= 4 is 21.9 Å². The molecule has 2 heteroatoms. The van der Waals surface area contributed by atoms with Crippen LogP contribution in [0.4, 0.5) is 5.69 Å². The van der Waals surface area contributed by atoms with Crippen LogP contribution in [0.25, 0.3) is 0 Å². The summed E-state index contributed by atoms with van der Waals surface area (Å²) >= 11 is -0.919. The molecule has 0 radical (unpaired) electrons. The standard InChI is InChI=1S/C9H12N.2CH3.Ga/c1-8-6-4-5-7-9(8)10(2)3;;;/h4-7H,1H2,2-3H3;2*1H3;. The molecule has 0 saturated carbocycles. The van der Waals surface area contributed by atoms with E-state index in [-0.39, 0.29) is 0 Å². The molecule has 0 aliphatic carbocycles. The Morgan fingerprint density at radius 1 is 1.15 bits per heavy atom. The average Bonchev–Trinajstić information content (AvgIpc) is 2.03. The Morgan fingerprint density at radius 3 is 2.31 bits per heavy atom. The van der Waals surface area contributed by atoms with E-state index in [0.29, 0.717) is 0 Å². The van der Waals surface area contributed by atoms with Crippen molar-refractivity contribution < 1.29 is 0 Å². The third kappa shape index (κ3) is 3.12. The van der Waals surface area contributed by atoms with Crippen molar-refractivity contribution in [2.45, 2.75) is 15.9 Å². The Morgan fingerprint density at radius 2 is 1.77 bits per heavy atom. The predicted molar refractivity (Wildman–Crippen MR) is 62.0 cm³/mol. The van der Waals surface area contributed by atoms with Crippen LogP contribution in [0.3, 0.4) is 0 Å². The molecular weight excluding hydrogens is 216 g/mol. The van der Waals surface area contributed by atoms with Crippen LogP contribution in [-0.2, 0) is 4.98 Å². The quantitative estimate of drug-likeness (QED) is 0.726. The number of rotatable bonds is 3. The summed E-state index contributed by atoms with van der Waals surface area (Å²) in [6.45, 7) is 0. The molecule has 0 spiro atoms. The van der Waals surface area contributed by atoms with Gasteiger partial charge < -0.3 is 0 Å². The van der Waals surface area contributed by atoms with Gasteiger partial charge in [-0.15, -0.1) is 0 Å². The molecule has 0 aromatic heterocycles. The van der Waals surface area contributed by atoms with Crippen LogP contribution in [0.5, 0.6) is 0 Å². The van der Waals surface area contributed by atoms with Crippen LogP contribution in [0.1, 0.15) is 5.56 Å². The Kier molecular flexibility index (Phi) is 3.94. The Bertz CT molecular complexity index is 269. The molecule has 0 fully saturated rings. The first kappa shape index (κ1) is 10.7. The second-order valence-electron chi connectivity index (χ2n) is 4.12. The maximum absolute atomic E-state index is 2.44. The minimum atomic E-state index is -0.919. The van der Waals surface area contributed by atoms with Gasteiger partial charge in [-0.25, -0.2) is 0 Å². The van der Waals surface area contributed by atoms with Crippen LogP contribution >= 0.6 is 0 Å². The minimum absolute atomic E-state index is 0.919. The van der Waals surface area contributed by atoms with E-state index in [1.165, 1.54) is 16.2 Å². The topological polar surface area (TPSA) is 3.24 Å². The SMILES string of the molecule is CN(C)c1ccccc1[CH2][Ga]([CH3])[CH3]. The molecule has 1 nitrogen and oxygen atoms in total. The zero-order chi connectivity index (χ0) is 9.84. The summed E-state index contributed by atoms with van der Waals surface area (Å²) < 4.78 is 0. The van der Waals surface area contributed by atoms with Crippen LogP contribution in [-0.4, -0.2) is 30.3 Å². The monoisotopic (exact) mass is 233 g/mol. The normalized spacial score (nSPS) is 9.85. The van der Waals surface area contributed by atoms with E-state index in [9.17, 15) is 0 Å². The van der Waals surface area contributed by atoms with Crippen molar-refractivity contribution in [2.75, 3.05) is 19.0 Å². The van der Waals surface area contributed by atoms with Gasteiger partial charge in [-0.05, 0) is 0 Å². The maximum atomic E-state index is 2.44. The fourth-order valence-corrected chi connectivity index (χ4v) is 4.13. The molecule has 0 amide bonds. The first-order valence-corrected chi connectivity index (χ1v) is 11.4. The molecule has 0 saturated heterocycles. The molecule has 0 atom stereocenters. The van der Waals surface area contributed by atoms with Crippen molar-refractivity contribution in [1.29, 1.82) is 0 Å². The van der Waals surface area contributed by atoms with E-state index in [2.05, 4.69) is 54.2 Å². The van der Waals surface area contributed by atoms with Crippen molar-refractivity contribution in [2.24, 2.45) is 0 Å². The molecule has 1 rings (SSSR count). The van der Waals surface area contributed by atoms with E-state index in [4.69, 9.17) is 0 Å². The molecule has 0 bridgehead atoms. The van der Waals surface area contributed by atoms with Gasteiger partial charge in [0.05, 0.1) is 0 Å². The fraction of sp³-hybridized carbons (Fsp3) is 0.455. The molecule has 13 heavy (non-hydrogen) atoms. The fourth-order valence-electron chi connectivity index (χ4n) is 1.56. The number of nitrogens with zero attached hydrogens (tertiary/aromatic N) is 1. The predicted octanol–water partition coefficient (Wildman–Crippen LogP) is 2.59. The van der Waals surface area contributed by atoms with E-state index in [0.717, 1.165) is 0 Å². The Labute approximate surface area is 86.8 Å².